The Labute approximate surface area is 88.1 Å². The summed E-state index contributed by atoms with van der Waals surface area (Å²) >= 11 is 0. The lowest BCUT2D eigenvalue weighted by Crippen LogP contribution is -2.36. The highest BCUT2D eigenvalue weighted by Crippen LogP contribution is 2.34. The third-order valence-corrected chi connectivity index (χ3v) is 3.03. The van der Waals surface area contributed by atoms with Gasteiger partial charge >= 0.3 is 0 Å². The molecule has 1 fully saturated rings. The Bertz CT molecular complexity index is 145. The highest BCUT2D eigenvalue weighted by atomic mass is 16.3. The molecule has 1 rings (SSSR count). The molecular formula is C12H25NO. The van der Waals surface area contributed by atoms with Crippen molar-refractivity contribution >= 4 is 0 Å². The Morgan fingerprint density at radius 2 is 1.86 bits per heavy atom. The largest absolute Gasteiger partial charge is 0.392 e. The molecule has 0 spiro atoms. The van der Waals surface area contributed by atoms with Crippen molar-refractivity contribution in [2.24, 2.45) is 5.92 Å². The summed E-state index contributed by atoms with van der Waals surface area (Å²) in [4.78, 5) is 0. The molecule has 84 valence electrons. The van der Waals surface area contributed by atoms with Crippen LogP contribution in [-0.2, 0) is 0 Å². The van der Waals surface area contributed by atoms with Crippen LogP contribution >= 0.6 is 0 Å². The fourth-order valence-electron chi connectivity index (χ4n) is 2.04. The van der Waals surface area contributed by atoms with E-state index in [0.29, 0.717) is 6.04 Å². The standard InChI is InChI=1S/C12H25NO/c1-3-5-11(14)9-13-12(6-4-2)10-7-8-10/h10-14H,3-9H2,1-2H3. The molecule has 2 N–H and O–H groups in total. The van der Waals surface area contributed by atoms with Gasteiger partial charge in [-0.15, -0.1) is 0 Å². The van der Waals surface area contributed by atoms with Gasteiger partial charge in [0, 0.05) is 12.6 Å². The number of aliphatic hydroxyl groups excluding tert-OH is 1. The zero-order valence-corrected chi connectivity index (χ0v) is 9.63. The molecule has 0 aliphatic heterocycles. The molecule has 1 aliphatic carbocycles. The van der Waals surface area contributed by atoms with Crippen LogP contribution in [0.2, 0.25) is 0 Å². The van der Waals surface area contributed by atoms with E-state index in [0.717, 1.165) is 25.3 Å². The molecule has 0 aromatic heterocycles. The topological polar surface area (TPSA) is 32.3 Å². The lowest BCUT2D eigenvalue weighted by molar-refractivity contribution is 0.154. The van der Waals surface area contributed by atoms with Crippen molar-refractivity contribution in [1.29, 1.82) is 0 Å². The van der Waals surface area contributed by atoms with E-state index < -0.39 is 0 Å². The quantitative estimate of drug-likeness (QED) is 0.629. The van der Waals surface area contributed by atoms with E-state index in [1.165, 1.54) is 25.7 Å². The first-order valence-corrected chi connectivity index (χ1v) is 6.19. The van der Waals surface area contributed by atoms with E-state index in [1.54, 1.807) is 0 Å². The number of nitrogens with one attached hydrogen (secondary N) is 1. The molecule has 0 aromatic rings. The molecule has 14 heavy (non-hydrogen) atoms. The minimum atomic E-state index is -0.141. The third kappa shape index (κ3) is 4.43. The Morgan fingerprint density at radius 3 is 2.36 bits per heavy atom. The number of hydrogen-bond donors (Lipinski definition) is 2. The van der Waals surface area contributed by atoms with Crippen molar-refractivity contribution in [3.8, 4) is 0 Å². The van der Waals surface area contributed by atoms with Gasteiger partial charge in [0.05, 0.1) is 6.10 Å². The summed E-state index contributed by atoms with van der Waals surface area (Å²) in [5, 5.41) is 13.1. The Hall–Kier alpha value is -0.0800. The smallest absolute Gasteiger partial charge is 0.0664 e. The van der Waals surface area contributed by atoms with Gasteiger partial charge in [-0.1, -0.05) is 26.7 Å². The van der Waals surface area contributed by atoms with E-state index in [2.05, 4.69) is 19.2 Å². The van der Waals surface area contributed by atoms with Crippen LogP contribution in [0.3, 0.4) is 0 Å². The second kappa shape index (κ2) is 6.41. The van der Waals surface area contributed by atoms with Crippen LogP contribution in [0.4, 0.5) is 0 Å². The maximum Gasteiger partial charge on any atom is 0.0664 e. The lowest BCUT2D eigenvalue weighted by atomic mass is 10.1. The summed E-state index contributed by atoms with van der Waals surface area (Å²) < 4.78 is 0. The highest BCUT2D eigenvalue weighted by Gasteiger charge is 2.30. The average molecular weight is 199 g/mol. The number of aliphatic hydroxyl groups is 1. The minimum absolute atomic E-state index is 0.141. The molecule has 0 amide bonds. The summed E-state index contributed by atoms with van der Waals surface area (Å²) in [5.74, 6) is 0.906. The van der Waals surface area contributed by atoms with Crippen LogP contribution in [0.25, 0.3) is 0 Å². The summed E-state index contributed by atoms with van der Waals surface area (Å²) in [6.45, 7) is 5.14. The Morgan fingerprint density at radius 1 is 1.21 bits per heavy atom. The van der Waals surface area contributed by atoms with Gasteiger partial charge < -0.3 is 10.4 Å². The fourth-order valence-corrected chi connectivity index (χ4v) is 2.04. The van der Waals surface area contributed by atoms with Crippen molar-refractivity contribution in [1.82, 2.24) is 5.32 Å². The van der Waals surface area contributed by atoms with Crippen molar-refractivity contribution in [3.63, 3.8) is 0 Å². The molecule has 2 unspecified atom stereocenters. The van der Waals surface area contributed by atoms with E-state index in [1.807, 2.05) is 0 Å². The number of rotatable bonds is 8. The van der Waals surface area contributed by atoms with E-state index in [9.17, 15) is 5.11 Å². The van der Waals surface area contributed by atoms with Crippen molar-refractivity contribution in [2.75, 3.05) is 6.54 Å². The molecule has 0 aromatic carbocycles. The second-order valence-electron chi connectivity index (χ2n) is 4.58. The van der Waals surface area contributed by atoms with Crippen LogP contribution in [0.15, 0.2) is 0 Å². The van der Waals surface area contributed by atoms with Crippen molar-refractivity contribution in [2.45, 2.75) is 64.5 Å². The van der Waals surface area contributed by atoms with Crippen LogP contribution in [0.1, 0.15) is 52.4 Å². The zero-order valence-electron chi connectivity index (χ0n) is 9.63. The van der Waals surface area contributed by atoms with Crippen molar-refractivity contribution < 1.29 is 5.11 Å². The van der Waals surface area contributed by atoms with Crippen LogP contribution in [0, 0.1) is 5.92 Å². The normalized spacial score (nSPS) is 20.8. The average Bonchev–Trinajstić information content (AvgIpc) is 2.96. The van der Waals surface area contributed by atoms with Crippen LogP contribution in [0.5, 0.6) is 0 Å². The molecule has 1 aliphatic rings. The predicted octanol–water partition coefficient (Wildman–Crippen LogP) is 2.32. The Kier molecular flexibility index (Phi) is 5.49. The summed E-state index contributed by atoms with van der Waals surface area (Å²) in [5.41, 5.74) is 0. The maximum absolute atomic E-state index is 9.61. The molecule has 0 radical (unpaired) electrons. The lowest BCUT2D eigenvalue weighted by Gasteiger charge is -2.19. The molecule has 0 saturated heterocycles. The highest BCUT2D eigenvalue weighted by molar-refractivity contribution is 4.86. The third-order valence-electron chi connectivity index (χ3n) is 3.03. The molecule has 2 atom stereocenters. The molecule has 2 heteroatoms. The van der Waals surface area contributed by atoms with E-state index >= 15 is 0 Å². The molecule has 0 bridgehead atoms. The summed E-state index contributed by atoms with van der Waals surface area (Å²) in [6.07, 6.45) is 7.16. The van der Waals surface area contributed by atoms with Gasteiger partial charge in [-0.2, -0.15) is 0 Å². The first-order valence-electron chi connectivity index (χ1n) is 6.19. The first kappa shape index (κ1) is 12.0. The summed E-state index contributed by atoms with van der Waals surface area (Å²) in [7, 11) is 0. The monoisotopic (exact) mass is 199 g/mol. The van der Waals surface area contributed by atoms with Crippen molar-refractivity contribution in [3.05, 3.63) is 0 Å². The van der Waals surface area contributed by atoms with Crippen LogP contribution in [-0.4, -0.2) is 23.8 Å². The van der Waals surface area contributed by atoms with E-state index in [4.69, 9.17) is 0 Å². The summed E-state index contributed by atoms with van der Waals surface area (Å²) in [6, 6.07) is 0.673. The van der Waals surface area contributed by atoms with E-state index in [-0.39, 0.29) is 6.10 Å². The first-order chi connectivity index (χ1) is 6.77. The van der Waals surface area contributed by atoms with Gasteiger partial charge in [-0.25, -0.2) is 0 Å². The van der Waals surface area contributed by atoms with Gasteiger partial charge in [0.15, 0.2) is 0 Å². The number of hydrogen-bond acceptors (Lipinski definition) is 2. The van der Waals surface area contributed by atoms with Gasteiger partial charge in [0.1, 0.15) is 0 Å². The molecule has 2 nitrogen and oxygen atoms in total. The SMILES string of the molecule is CCCC(O)CNC(CCC)C1CC1. The second-order valence-corrected chi connectivity index (χ2v) is 4.58. The molecule has 1 saturated carbocycles. The Balaban J connectivity index is 2.12. The predicted molar refractivity (Wildman–Crippen MR) is 60.3 cm³/mol. The van der Waals surface area contributed by atoms with Crippen LogP contribution < -0.4 is 5.32 Å². The van der Waals surface area contributed by atoms with Gasteiger partial charge in [0.2, 0.25) is 0 Å². The fraction of sp³-hybridized carbons (Fsp3) is 1.00. The molecular weight excluding hydrogens is 174 g/mol. The minimum Gasteiger partial charge on any atom is -0.392 e. The molecule has 0 heterocycles. The van der Waals surface area contributed by atoms with Gasteiger partial charge in [-0.3, -0.25) is 0 Å². The zero-order chi connectivity index (χ0) is 10.4. The van der Waals surface area contributed by atoms with Gasteiger partial charge in [0.25, 0.3) is 0 Å². The van der Waals surface area contributed by atoms with Gasteiger partial charge in [-0.05, 0) is 31.6 Å². The maximum atomic E-state index is 9.61.